The molecule has 156 valence electrons. The van der Waals surface area contributed by atoms with E-state index in [1.165, 1.54) is 24.4 Å². The highest BCUT2D eigenvalue weighted by Crippen LogP contribution is 2.16. The monoisotopic (exact) mass is 420 g/mol. The summed E-state index contributed by atoms with van der Waals surface area (Å²) in [5.74, 6) is 0.541. The maximum atomic E-state index is 13.6. The van der Waals surface area contributed by atoms with Gasteiger partial charge in [0, 0.05) is 44.8 Å². The Morgan fingerprint density at radius 1 is 0.903 bits per heavy atom. The number of hydrogen-bond acceptors (Lipinski definition) is 8. The number of aromatic nitrogens is 6. The first-order chi connectivity index (χ1) is 15.1. The zero-order chi connectivity index (χ0) is 21.4. The number of fused-ring (bicyclic) bond motifs is 1. The van der Waals surface area contributed by atoms with Crippen LogP contribution in [-0.4, -0.2) is 55.7 Å². The van der Waals surface area contributed by atoms with Crippen LogP contribution < -0.4 is 21.0 Å². The highest BCUT2D eigenvalue weighted by molar-refractivity contribution is 5.73. The fraction of sp³-hybridized carbons (Fsp3) is 0.200. The van der Waals surface area contributed by atoms with E-state index in [0.29, 0.717) is 38.1 Å². The smallest absolute Gasteiger partial charge is 0.334 e. The molecule has 3 aromatic heterocycles. The van der Waals surface area contributed by atoms with Gasteiger partial charge in [-0.15, -0.1) is 0 Å². The number of anilines is 2. The molecule has 10 nitrogen and oxygen atoms in total. The Labute approximate surface area is 174 Å². The zero-order valence-electron chi connectivity index (χ0n) is 16.3. The first-order valence-corrected chi connectivity index (χ1v) is 9.65. The summed E-state index contributed by atoms with van der Waals surface area (Å²) in [5.41, 5.74) is -1.03. The lowest BCUT2D eigenvalue weighted by Gasteiger charge is -2.34. The highest BCUT2D eigenvalue weighted by Gasteiger charge is 2.21. The number of hydrogen-bond donors (Lipinski definition) is 1. The average Bonchev–Trinajstić information content (AvgIpc) is 2.79. The molecule has 4 aromatic rings. The van der Waals surface area contributed by atoms with Gasteiger partial charge in [-0.05, 0) is 24.3 Å². The van der Waals surface area contributed by atoms with Gasteiger partial charge in [-0.3, -0.25) is 9.78 Å². The van der Waals surface area contributed by atoms with Crippen molar-refractivity contribution in [3.05, 3.63) is 75.6 Å². The van der Waals surface area contributed by atoms with Crippen molar-refractivity contribution in [1.82, 2.24) is 29.5 Å². The van der Waals surface area contributed by atoms with Gasteiger partial charge in [-0.25, -0.2) is 28.7 Å². The molecule has 0 amide bonds. The molecule has 1 saturated heterocycles. The van der Waals surface area contributed by atoms with Crippen molar-refractivity contribution in [3.8, 4) is 5.69 Å². The van der Waals surface area contributed by atoms with E-state index in [1.807, 2.05) is 4.90 Å². The van der Waals surface area contributed by atoms with Crippen LogP contribution in [0.25, 0.3) is 16.7 Å². The molecule has 0 unspecified atom stereocenters. The van der Waals surface area contributed by atoms with Crippen LogP contribution in [0.1, 0.15) is 0 Å². The van der Waals surface area contributed by atoms with Crippen LogP contribution in [-0.2, 0) is 0 Å². The van der Waals surface area contributed by atoms with Crippen molar-refractivity contribution in [3.63, 3.8) is 0 Å². The molecule has 31 heavy (non-hydrogen) atoms. The topological polar surface area (TPSA) is 113 Å². The van der Waals surface area contributed by atoms with Crippen molar-refractivity contribution >= 4 is 22.9 Å². The molecule has 1 aliphatic rings. The molecule has 1 N–H and O–H groups in total. The minimum atomic E-state index is -0.696. The fourth-order valence-electron chi connectivity index (χ4n) is 3.56. The van der Waals surface area contributed by atoms with Crippen LogP contribution in [0, 0.1) is 5.82 Å². The lowest BCUT2D eigenvalue weighted by molar-refractivity contribution is 0.625. The lowest BCUT2D eigenvalue weighted by Crippen LogP contribution is -2.47. The van der Waals surface area contributed by atoms with Gasteiger partial charge in [-0.2, -0.15) is 4.98 Å². The molecular weight excluding hydrogens is 403 g/mol. The number of aromatic amines is 1. The summed E-state index contributed by atoms with van der Waals surface area (Å²) >= 11 is 0. The Hall–Kier alpha value is -4.15. The number of nitrogens with one attached hydrogen (secondary N) is 1. The number of halogens is 1. The van der Waals surface area contributed by atoms with Crippen molar-refractivity contribution in [2.45, 2.75) is 0 Å². The molecular formula is C20H17FN8O2. The van der Waals surface area contributed by atoms with E-state index in [-0.39, 0.29) is 16.7 Å². The number of rotatable bonds is 3. The molecule has 0 saturated carbocycles. The van der Waals surface area contributed by atoms with Crippen LogP contribution in [0.3, 0.4) is 0 Å². The van der Waals surface area contributed by atoms with Gasteiger partial charge in [0.05, 0.1) is 5.69 Å². The Morgan fingerprint density at radius 3 is 2.32 bits per heavy atom. The summed E-state index contributed by atoms with van der Waals surface area (Å²) in [6, 6.07) is 7.04. The van der Waals surface area contributed by atoms with E-state index in [1.54, 1.807) is 18.5 Å². The second-order valence-electron chi connectivity index (χ2n) is 7.01. The summed E-state index contributed by atoms with van der Waals surface area (Å²) in [4.78, 5) is 49.3. The maximum Gasteiger partial charge on any atom is 0.334 e. The van der Waals surface area contributed by atoms with Crippen molar-refractivity contribution in [2.24, 2.45) is 0 Å². The molecule has 0 aliphatic carbocycles. The maximum absolute atomic E-state index is 13.6. The SMILES string of the molecule is O=c1[nH]c2nc(N3CCN(c4ncccn4)CC3)ncc2c(=O)n1-c1cccc(F)c1. The van der Waals surface area contributed by atoms with Crippen LogP contribution in [0.4, 0.5) is 16.3 Å². The van der Waals surface area contributed by atoms with Gasteiger partial charge in [0.1, 0.15) is 11.2 Å². The largest absolute Gasteiger partial charge is 0.337 e. The predicted octanol–water partition coefficient (Wildman–Crippen LogP) is 0.725. The number of nitrogens with zero attached hydrogens (tertiary/aromatic N) is 7. The summed E-state index contributed by atoms with van der Waals surface area (Å²) in [6.45, 7) is 2.63. The Kier molecular flexibility index (Phi) is 4.62. The van der Waals surface area contributed by atoms with Crippen molar-refractivity contribution in [1.29, 1.82) is 0 Å². The Bertz CT molecular complexity index is 1360. The fourth-order valence-corrected chi connectivity index (χ4v) is 3.56. The lowest BCUT2D eigenvalue weighted by atomic mass is 10.3. The van der Waals surface area contributed by atoms with Gasteiger partial charge < -0.3 is 9.80 Å². The van der Waals surface area contributed by atoms with E-state index in [4.69, 9.17) is 0 Å². The molecule has 1 fully saturated rings. The van der Waals surface area contributed by atoms with Crippen LogP contribution in [0.5, 0.6) is 0 Å². The van der Waals surface area contributed by atoms with E-state index in [0.717, 1.165) is 10.6 Å². The first kappa shape index (κ1) is 18.9. The number of H-pyrrole nitrogens is 1. The summed E-state index contributed by atoms with van der Waals surface area (Å²) in [6.07, 6.45) is 4.79. The van der Waals surface area contributed by atoms with Crippen molar-refractivity contribution in [2.75, 3.05) is 36.0 Å². The second kappa shape index (κ2) is 7.59. The number of piperazine rings is 1. The third kappa shape index (κ3) is 3.50. The average molecular weight is 420 g/mol. The van der Waals surface area contributed by atoms with E-state index in [9.17, 15) is 14.0 Å². The minimum absolute atomic E-state index is 0.136. The third-order valence-corrected chi connectivity index (χ3v) is 5.10. The summed E-state index contributed by atoms with van der Waals surface area (Å²) < 4.78 is 14.4. The van der Waals surface area contributed by atoms with E-state index < -0.39 is 17.1 Å². The van der Waals surface area contributed by atoms with Gasteiger partial charge in [0.2, 0.25) is 11.9 Å². The standard InChI is InChI=1S/C20H17FN8O2/c21-13-3-1-4-14(11-13)29-17(30)15-12-24-19(25-16(15)26-20(29)31)28-9-7-27(8-10-28)18-22-5-2-6-23-18/h1-6,11-12H,7-10H2,(H,24,25,26,31). The van der Waals surface area contributed by atoms with Crippen LogP contribution in [0.15, 0.2) is 58.5 Å². The molecule has 0 atom stereocenters. The molecule has 1 aliphatic heterocycles. The Balaban J connectivity index is 1.44. The van der Waals surface area contributed by atoms with Crippen molar-refractivity contribution < 1.29 is 4.39 Å². The molecule has 5 rings (SSSR count). The molecule has 11 heteroatoms. The second-order valence-corrected chi connectivity index (χ2v) is 7.01. The first-order valence-electron chi connectivity index (χ1n) is 9.65. The molecule has 4 heterocycles. The predicted molar refractivity (Wildman–Crippen MR) is 112 cm³/mol. The molecule has 0 radical (unpaired) electrons. The number of benzene rings is 1. The molecule has 0 bridgehead atoms. The van der Waals surface area contributed by atoms with Crippen LogP contribution >= 0.6 is 0 Å². The summed E-state index contributed by atoms with van der Waals surface area (Å²) in [7, 11) is 0. The molecule has 0 spiro atoms. The Morgan fingerprint density at radius 2 is 1.61 bits per heavy atom. The third-order valence-electron chi connectivity index (χ3n) is 5.10. The van der Waals surface area contributed by atoms with Gasteiger partial charge in [0.15, 0.2) is 5.65 Å². The van der Waals surface area contributed by atoms with E-state index in [2.05, 4.69) is 29.8 Å². The van der Waals surface area contributed by atoms with E-state index >= 15 is 0 Å². The normalized spacial score (nSPS) is 14.2. The van der Waals surface area contributed by atoms with Crippen LogP contribution in [0.2, 0.25) is 0 Å². The molecule has 1 aromatic carbocycles. The van der Waals surface area contributed by atoms with Gasteiger partial charge in [-0.1, -0.05) is 6.07 Å². The minimum Gasteiger partial charge on any atom is -0.337 e. The zero-order valence-corrected chi connectivity index (χ0v) is 16.3. The summed E-state index contributed by atoms with van der Waals surface area (Å²) in [5, 5.41) is 0.143. The van der Waals surface area contributed by atoms with Gasteiger partial charge in [0.25, 0.3) is 5.56 Å². The highest BCUT2D eigenvalue weighted by atomic mass is 19.1. The van der Waals surface area contributed by atoms with Gasteiger partial charge >= 0.3 is 5.69 Å². The quantitative estimate of drug-likeness (QED) is 0.516.